The van der Waals surface area contributed by atoms with Gasteiger partial charge in [0.25, 0.3) is 0 Å². The van der Waals surface area contributed by atoms with Crippen LogP contribution in [0.1, 0.15) is 22.3 Å². The van der Waals surface area contributed by atoms with Crippen LogP contribution < -0.4 is 0 Å². The Labute approximate surface area is 302 Å². The van der Waals surface area contributed by atoms with Crippen LogP contribution in [0.4, 0.5) is 0 Å². The highest BCUT2D eigenvalue weighted by atomic mass is 16.3. The molecule has 0 amide bonds. The minimum absolute atomic E-state index is 0.505. The Bertz CT molecular complexity index is 2640. The highest BCUT2D eigenvalue weighted by molar-refractivity contribution is 5.95. The van der Waals surface area contributed by atoms with E-state index >= 15 is 0 Å². The summed E-state index contributed by atoms with van der Waals surface area (Å²) >= 11 is 0. The van der Waals surface area contributed by atoms with Gasteiger partial charge in [0.2, 0.25) is 0 Å². The fourth-order valence-electron chi connectivity index (χ4n) is 8.10. The van der Waals surface area contributed by atoms with Gasteiger partial charge in [0.15, 0.2) is 11.6 Å². The molecule has 0 saturated heterocycles. The zero-order valence-electron chi connectivity index (χ0n) is 28.3. The Morgan fingerprint density at radius 2 is 0.962 bits per heavy atom. The number of aromatic nitrogens is 2. The third-order valence-corrected chi connectivity index (χ3v) is 10.4. The van der Waals surface area contributed by atoms with Gasteiger partial charge in [-0.3, -0.25) is 0 Å². The lowest BCUT2D eigenvalue weighted by molar-refractivity contribution is 0.628. The molecule has 0 saturated carbocycles. The van der Waals surface area contributed by atoms with Crippen LogP contribution in [0.5, 0.6) is 0 Å². The topological polar surface area (TPSA) is 38.9 Å². The Morgan fingerprint density at radius 1 is 0.404 bits per heavy atom. The summed E-state index contributed by atoms with van der Waals surface area (Å²) in [4.78, 5) is 10.5. The van der Waals surface area contributed by atoms with Gasteiger partial charge in [0, 0.05) is 16.5 Å². The van der Waals surface area contributed by atoms with Gasteiger partial charge in [-0.25, -0.2) is 9.97 Å². The maximum Gasteiger partial charge on any atom is 0.160 e. The smallest absolute Gasteiger partial charge is 0.160 e. The van der Waals surface area contributed by atoms with Gasteiger partial charge in [0.1, 0.15) is 11.3 Å². The second kappa shape index (κ2) is 12.2. The van der Waals surface area contributed by atoms with Crippen molar-refractivity contribution in [3.8, 4) is 56.4 Å². The van der Waals surface area contributed by atoms with E-state index in [1.807, 2.05) is 24.3 Å². The normalized spacial score (nSPS) is 12.8. The number of fused-ring (bicyclic) bond motifs is 4. The number of furan rings is 1. The average molecular weight is 665 g/mol. The van der Waals surface area contributed by atoms with Crippen LogP contribution >= 0.6 is 0 Å². The summed E-state index contributed by atoms with van der Waals surface area (Å²) in [6.07, 6.45) is 0. The summed E-state index contributed by atoms with van der Waals surface area (Å²) < 4.78 is 6.42. The number of hydrogen-bond acceptors (Lipinski definition) is 3. The lowest BCUT2D eigenvalue weighted by atomic mass is 9.67. The molecule has 244 valence electrons. The maximum absolute atomic E-state index is 6.42. The number of benzene rings is 7. The van der Waals surface area contributed by atoms with Crippen molar-refractivity contribution < 1.29 is 4.42 Å². The lowest BCUT2D eigenvalue weighted by Crippen LogP contribution is -2.28. The van der Waals surface area contributed by atoms with Gasteiger partial charge in [-0.15, -0.1) is 0 Å². The predicted octanol–water partition coefficient (Wildman–Crippen LogP) is 12.3. The first-order chi connectivity index (χ1) is 25.8. The molecular weight excluding hydrogens is 633 g/mol. The van der Waals surface area contributed by atoms with Crippen LogP contribution in [0, 0.1) is 0 Å². The lowest BCUT2D eigenvalue weighted by Gasteiger charge is -2.33. The van der Waals surface area contributed by atoms with Crippen LogP contribution in [0.15, 0.2) is 199 Å². The van der Waals surface area contributed by atoms with E-state index in [0.717, 1.165) is 39.0 Å². The molecule has 0 aliphatic heterocycles. The van der Waals surface area contributed by atoms with E-state index in [9.17, 15) is 0 Å². The van der Waals surface area contributed by atoms with E-state index in [2.05, 4.69) is 170 Å². The summed E-state index contributed by atoms with van der Waals surface area (Å²) in [6, 6.07) is 68.5. The summed E-state index contributed by atoms with van der Waals surface area (Å²) in [5, 5.41) is 1.04. The van der Waals surface area contributed by atoms with Crippen molar-refractivity contribution in [1.29, 1.82) is 0 Å². The fourth-order valence-corrected chi connectivity index (χ4v) is 8.10. The quantitative estimate of drug-likeness (QED) is 0.178. The predicted molar refractivity (Wildman–Crippen MR) is 211 cm³/mol. The summed E-state index contributed by atoms with van der Waals surface area (Å²) in [6.45, 7) is 0. The standard InChI is InChI=1S/C49H32N2O/c1-4-15-33(16-5-1)34-27-29-35(30-28-34)48-50-43(32-44(51-48)46-31-36-17-10-13-26-45(36)52-46)40-23-14-25-42-47(40)39-22-11-12-24-41(39)49(42,37-18-6-2-7-19-37)38-20-8-3-9-21-38/h1-32H. The third-order valence-electron chi connectivity index (χ3n) is 10.4. The molecule has 2 aromatic heterocycles. The molecule has 7 aromatic carbocycles. The number of para-hydroxylation sites is 1. The monoisotopic (exact) mass is 664 g/mol. The Hall–Kier alpha value is -6.84. The molecule has 0 atom stereocenters. The highest BCUT2D eigenvalue weighted by Gasteiger charge is 2.46. The molecule has 10 rings (SSSR count). The zero-order chi connectivity index (χ0) is 34.5. The second-order valence-electron chi connectivity index (χ2n) is 13.3. The van der Waals surface area contributed by atoms with E-state index < -0.39 is 5.41 Å². The van der Waals surface area contributed by atoms with Crippen molar-refractivity contribution in [3.63, 3.8) is 0 Å². The van der Waals surface area contributed by atoms with Crippen LogP contribution in [0.3, 0.4) is 0 Å². The average Bonchev–Trinajstić information content (AvgIpc) is 3.80. The van der Waals surface area contributed by atoms with Gasteiger partial charge in [-0.2, -0.15) is 0 Å². The van der Waals surface area contributed by atoms with Gasteiger partial charge < -0.3 is 4.42 Å². The van der Waals surface area contributed by atoms with Crippen LogP contribution in [0.25, 0.3) is 67.3 Å². The first kappa shape index (κ1) is 30.0. The third kappa shape index (κ3) is 4.74. The van der Waals surface area contributed by atoms with Crippen molar-refractivity contribution in [3.05, 3.63) is 216 Å². The molecule has 52 heavy (non-hydrogen) atoms. The number of rotatable bonds is 6. The molecule has 0 N–H and O–H groups in total. The van der Waals surface area contributed by atoms with Crippen molar-refractivity contribution in [2.45, 2.75) is 5.41 Å². The molecular formula is C49H32N2O. The van der Waals surface area contributed by atoms with E-state index in [-0.39, 0.29) is 0 Å². The van der Waals surface area contributed by atoms with Crippen molar-refractivity contribution in [2.75, 3.05) is 0 Å². The first-order valence-corrected chi connectivity index (χ1v) is 17.7. The molecule has 0 unspecified atom stereocenters. The zero-order valence-corrected chi connectivity index (χ0v) is 28.3. The molecule has 1 aliphatic rings. The SMILES string of the molecule is c1ccc(-c2ccc(-c3nc(-c4cc5ccccc5o4)cc(-c4cccc5c4-c4ccccc4C5(c4ccccc4)c4ccccc4)n3)cc2)cc1. The molecule has 0 spiro atoms. The minimum Gasteiger partial charge on any atom is -0.454 e. The van der Waals surface area contributed by atoms with E-state index in [0.29, 0.717) is 11.6 Å². The Kier molecular flexibility index (Phi) is 7.04. The van der Waals surface area contributed by atoms with E-state index in [1.165, 1.54) is 38.9 Å². The molecule has 3 heteroatoms. The van der Waals surface area contributed by atoms with E-state index in [1.54, 1.807) is 0 Å². The van der Waals surface area contributed by atoms with Crippen LogP contribution in [-0.4, -0.2) is 9.97 Å². The number of nitrogens with zero attached hydrogens (tertiary/aromatic N) is 2. The second-order valence-corrected chi connectivity index (χ2v) is 13.3. The molecule has 3 nitrogen and oxygen atoms in total. The molecule has 0 fully saturated rings. The van der Waals surface area contributed by atoms with Gasteiger partial charge in [-0.1, -0.05) is 176 Å². The van der Waals surface area contributed by atoms with Gasteiger partial charge in [-0.05, 0) is 62.7 Å². The van der Waals surface area contributed by atoms with Gasteiger partial charge in [0.05, 0.1) is 11.1 Å². The Balaban J connectivity index is 1.22. The van der Waals surface area contributed by atoms with E-state index in [4.69, 9.17) is 14.4 Å². The molecule has 0 radical (unpaired) electrons. The largest absolute Gasteiger partial charge is 0.454 e. The molecule has 0 bridgehead atoms. The fraction of sp³-hybridized carbons (Fsp3) is 0.0204. The van der Waals surface area contributed by atoms with Gasteiger partial charge >= 0.3 is 0 Å². The van der Waals surface area contributed by atoms with Crippen molar-refractivity contribution >= 4 is 11.0 Å². The summed E-state index contributed by atoms with van der Waals surface area (Å²) in [7, 11) is 0. The minimum atomic E-state index is -0.505. The molecule has 1 aliphatic carbocycles. The van der Waals surface area contributed by atoms with Crippen LogP contribution in [-0.2, 0) is 5.41 Å². The molecule has 2 heterocycles. The first-order valence-electron chi connectivity index (χ1n) is 17.7. The molecule has 9 aromatic rings. The van der Waals surface area contributed by atoms with Crippen LogP contribution in [0.2, 0.25) is 0 Å². The van der Waals surface area contributed by atoms with Crippen molar-refractivity contribution in [2.24, 2.45) is 0 Å². The highest BCUT2D eigenvalue weighted by Crippen LogP contribution is 2.58. The Morgan fingerprint density at radius 3 is 1.69 bits per heavy atom. The number of hydrogen-bond donors (Lipinski definition) is 0. The summed E-state index contributed by atoms with van der Waals surface area (Å²) in [5.41, 5.74) is 13.6. The summed E-state index contributed by atoms with van der Waals surface area (Å²) in [5.74, 6) is 1.36. The van der Waals surface area contributed by atoms with Crippen molar-refractivity contribution in [1.82, 2.24) is 9.97 Å². The maximum atomic E-state index is 6.42.